The van der Waals surface area contributed by atoms with Crippen molar-refractivity contribution in [2.75, 3.05) is 6.54 Å². The standard InChI is InChI=1S/C10H12N2O2/c1-10(2,3)9-5-7(12-14-9)8(13)6-11-4/h5H,6H2,1-3H3. The highest BCUT2D eigenvalue weighted by molar-refractivity contribution is 5.96. The molecule has 0 aromatic carbocycles. The molecule has 1 aromatic heterocycles. The lowest BCUT2D eigenvalue weighted by molar-refractivity contribution is 0.100. The molecule has 0 bridgehead atoms. The molecule has 0 saturated heterocycles. The van der Waals surface area contributed by atoms with Gasteiger partial charge in [0.15, 0.2) is 5.69 Å². The van der Waals surface area contributed by atoms with Crippen LogP contribution in [0.5, 0.6) is 0 Å². The quantitative estimate of drug-likeness (QED) is 0.532. The Kier molecular flexibility index (Phi) is 2.70. The van der Waals surface area contributed by atoms with Crippen LogP contribution in [0.25, 0.3) is 4.85 Å². The van der Waals surface area contributed by atoms with Crippen molar-refractivity contribution in [3.8, 4) is 0 Å². The SMILES string of the molecule is [C-]#[N+]CC(=O)c1cc(C(C)(C)C)on1. The molecule has 0 radical (unpaired) electrons. The molecule has 0 unspecified atom stereocenters. The number of hydrogen-bond donors (Lipinski definition) is 0. The van der Waals surface area contributed by atoms with Crippen LogP contribution in [-0.2, 0) is 5.41 Å². The fourth-order valence-corrected chi connectivity index (χ4v) is 0.913. The number of hydrogen-bond acceptors (Lipinski definition) is 3. The van der Waals surface area contributed by atoms with Gasteiger partial charge in [-0.25, -0.2) is 6.57 Å². The average molecular weight is 192 g/mol. The first-order valence-corrected chi connectivity index (χ1v) is 4.29. The first kappa shape index (κ1) is 10.5. The van der Waals surface area contributed by atoms with E-state index in [1.54, 1.807) is 6.07 Å². The van der Waals surface area contributed by atoms with Gasteiger partial charge >= 0.3 is 0 Å². The van der Waals surface area contributed by atoms with Gasteiger partial charge in [0.25, 0.3) is 12.3 Å². The first-order valence-electron chi connectivity index (χ1n) is 4.29. The summed E-state index contributed by atoms with van der Waals surface area (Å²) in [6, 6.07) is 1.60. The van der Waals surface area contributed by atoms with Crippen LogP contribution in [0.15, 0.2) is 10.6 Å². The molecule has 0 saturated carbocycles. The molecular formula is C10H12N2O2. The fraction of sp³-hybridized carbons (Fsp3) is 0.500. The lowest BCUT2D eigenvalue weighted by atomic mass is 9.93. The van der Waals surface area contributed by atoms with Gasteiger partial charge in [-0.3, -0.25) is 4.79 Å². The van der Waals surface area contributed by atoms with E-state index in [-0.39, 0.29) is 23.4 Å². The summed E-state index contributed by atoms with van der Waals surface area (Å²) in [4.78, 5) is 14.3. The van der Waals surface area contributed by atoms with E-state index in [0.29, 0.717) is 5.76 Å². The maximum atomic E-state index is 11.2. The Bertz CT molecular complexity index is 380. The summed E-state index contributed by atoms with van der Waals surface area (Å²) in [6.07, 6.45) is 0. The van der Waals surface area contributed by atoms with Gasteiger partial charge in [-0.2, -0.15) is 0 Å². The summed E-state index contributed by atoms with van der Waals surface area (Å²) in [6.45, 7) is 12.3. The van der Waals surface area contributed by atoms with Gasteiger partial charge in [0, 0.05) is 11.5 Å². The number of Topliss-reactive ketones (excluding diaryl/α,β-unsaturated/α-hetero) is 1. The predicted molar refractivity (Wildman–Crippen MR) is 51.0 cm³/mol. The van der Waals surface area contributed by atoms with Gasteiger partial charge in [0.05, 0.1) is 0 Å². The molecular weight excluding hydrogens is 180 g/mol. The van der Waals surface area contributed by atoms with Crippen LogP contribution in [0.3, 0.4) is 0 Å². The van der Waals surface area contributed by atoms with E-state index in [9.17, 15) is 4.79 Å². The van der Waals surface area contributed by atoms with Crippen LogP contribution in [0.1, 0.15) is 37.0 Å². The van der Waals surface area contributed by atoms with Crippen LogP contribution < -0.4 is 0 Å². The van der Waals surface area contributed by atoms with Crippen molar-refractivity contribution in [3.05, 3.63) is 28.9 Å². The highest BCUT2D eigenvalue weighted by Crippen LogP contribution is 2.22. The summed E-state index contributed by atoms with van der Waals surface area (Å²) in [5.41, 5.74) is 0.0785. The van der Waals surface area contributed by atoms with E-state index in [0.717, 1.165) is 0 Å². The van der Waals surface area contributed by atoms with Crippen molar-refractivity contribution in [1.29, 1.82) is 0 Å². The highest BCUT2D eigenvalue weighted by atomic mass is 16.5. The third-order valence-electron chi connectivity index (χ3n) is 1.76. The molecule has 74 valence electrons. The number of carbonyl (C=O) groups excluding carboxylic acids is 1. The van der Waals surface area contributed by atoms with Crippen molar-refractivity contribution in [2.45, 2.75) is 26.2 Å². The molecule has 1 aromatic rings. The summed E-state index contributed by atoms with van der Waals surface area (Å²) in [5, 5.41) is 3.63. The Hall–Kier alpha value is -1.63. The van der Waals surface area contributed by atoms with Crippen molar-refractivity contribution in [2.24, 2.45) is 0 Å². The van der Waals surface area contributed by atoms with Crippen molar-refractivity contribution in [1.82, 2.24) is 5.16 Å². The van der Waals surface area contributed by atoms with Crippen LogP contribution in [-0.4, -0.2) is 17.5 Å². The number of aromatic nitrogens is 1. The number of rotatable bonds is 2. The van der Waals surface area contributed by atoms with E-state index in [1.807, 2.05) is 20.8 Å². The minimum atomic E-state index is -0.292. The van der Waals surface area contributed by atoms with Crippen molar-refractivity contribution >= 4 is 5.78 Å². The zero-order valence-corrected chi connectivity index (χ0v) is 8.50. The second kappa shape index (κ2) is 3.62. The molecule has 0 fully saturated rings. The minimum Gasteiger partial charge on any atom is -0.360 e. The van der Waals surface area contributed by atoms with Gasteiger partial charge in [0.1, 0.15) is 5.76 Å². The Morgan fingerprint density at radius 1 is 1.64 bits per heavy atom. The molecule has 4 nitrogen and oxygen atoms in total. The maximum absolute atomic E-state index is 11.2. The summed E-state index contributed by atoms with van der Waals surface area (Å²) < 4.78 is 5.02. The van der Waals surface area contributed by atoms with Gasteiger partial charge < -0.3 is 9.37 Å². The third kappa shape index (κ3) is 2.19. The van der Waals surface area contributed by atoms with Crippen LogP contribution in [0.2, 0.25) is 0 Å². The smallest absolute Gasteiger partial charge is 0.278 e. The second-order valence-electron chi connectivity index (χ2n) is 4.07. The number of nitrogens with zero attached hydrogens (tertiary/aromatic N) is 2. The molecule has 0 aliphatic carbocycles. The molecule has 4 heteroatoms. The Morgan fingerprint density at radius 3 is 2.71 bits per heavy atom. The molecule has 0 aliphatic rings. The Morgan fingerprint density at radius 2 is 2.29 bits per heavy atom. The topological polar surface area (TPSA) is 47.5 Å². The molecule has 0 aliphatic heterocycles. The zero-order valence-electron chi connectivity index (χ0n) is 8.50. The lowest BCUT2D eigenvalue weighted by Crippen LogP contribution is -2.09. The third-order valence-corrected chi connectivity index (χ3v) is 1.76. The Balaban J connectivity index is 2.90. The molecule has 0 amide bonds. The van der Waals surface area contributed by atoms with Gasteiger partial charge in [-0.1, -0.05) is 25.9 Å². The molecule has 0 N–H and O–H groups in total. The van der Waals surface area contributed by atoms with E-state index < -0.39 is 0 Å². The van der Waals surface area contributed by atoms with Crippen LogP contribution in [0.4, 0.5) is 0 Å². The average Bonchev–Trinajstić information content (AvgIpc) is 2.51. The number of carbonyl (C=O) groups is 1. The zero-order chi connectivity index (χ0) is 10.8. The molecule has 0 spiro atoms. The first-order chi connectivity index (χ1) is 6.45. The van der Waals surface area contributed by atoms with Crippen LogP contribution >= 0.6 is 0 Å². The molecule has 1 heterocycles. The molecule has 0 atom stereocenters. The summed E-state index contributed by atoms with van der Waals surface area (Å²) in [5.74, 6) is 0.366. The van der Waals surface area contributed by atoms with Gasteiger partial charge in [0.2, 0.25) is 0 Å². The fourth-order valence-electron chi connectivity index (χ4n) is 0.913. The predicted octanol–water partition coefficient (Wildman–Crippen LogP) is 2.07. The van der Waals surface area contributed by atoms with E-state index in [2.05, 4.69) is 10.0 Å². The highest BCUT2D eigenvalue weighted by Gasteiger charge is 2.22. The van der Waals surface area contributed by atoms with Gasteiger partial charge in [-0.15, -0.1) is 0 Å². The van der Waals surface area contributed by atoms with E-state index >= 15 is 0 Å². The van der Waals surface area contributed by atoms with Crippen molar-refractivity contribution in [3.63, 3.8) is 0 Å². The van der Waals surface area contributed by atoms with Gasteiger partial charge in [-0.05, 0) is 0 Å². The molecule has 1 rings (SSSR count). The van der Waals surface area contributed by atoms with Crippen LogP contribution in [0, 0.1) is 6.57 Å². The maximum Gasteiger partial charge on any atom is 0.278 e. The van der Waals surface area contributed by atoms with Crippen molar-refractivity contribution < 1.29 is 9.32 Å². The largest absolute Gasteiger partial charge is 0.360 e. The lowest BCUT2D eigenvalue weighted by Gasteiger charge is -2.11. The number of ketones is 1. The van der Waals surface area contributed by atoms with E-state index in [1.165, 1.54) is 0 Å². The normalized spacial score (nSPS) is 11.0. The summed E-state index contributed by atoms with van der Waals surface area (Å²) >= 11 is 0. The second-order valence-corrected chi connectivity index (χ2v) is 4.07. The minimum absolute atomic E-state index is 0.163. The van der Waals surface area contributed by atoms with E-state index in [4.69, 9.17) is 11.1 Å². The summed E-state index contributed by atoms with van der Waals surface area (Å²) in [7, 11) is 0. The monoisotopic (exact) mass is 192 g/mol. The Labute approximate surface area is 82.7 Å². The molecule has 14 heavy (non-hydrogen) atoms.